The summed E-state index contributed by atoms with van der Waals surface area (Å²) in [5.41, 5.74) is 9.25. The van der Waals surface area contributed by atoms with Gasteiger partial charge in [0.2, 0.25) is 0 Å². The Labute approximate surface area is 179 Å². The van der Waals surface area contributed by atoms with Gasteiger partial charge in [0.15, 0.2) is 0 Å². The molecule has 1 nitrogen and oxygen atoms in total. The maximum atomic E-state index is 12.9. The number of hydrogen-bond acceptors (Lipinski definition) is 1. The van der Waals surface area contributed by atoms with Gasteiger partial charge in [-0.1, -0.05) is 79.9 Å². The van der Waals surface area contributed by atoms with Gasteiger partial charge in [0.25, 0.3) is 0 Å². The molecule has 0 bridgehead atoms. The van der Waals surface area contributed by atoms with Gasteiger partial charge in [-0.05, 0) is 47.6 Å². The Morgan fingerprint density at radius 2 is 1.13 bits per heavy atom. The first-order chi connectivity index (χ1) is 14.6. The van der Waals surface area contributed by atoms with Crippen LogP contribution in [0.5, 0.6) is 0 Å². The largest absolute Gasteiger partial charge is 0.320 e. The van der Waals surface area contributed by atoms with E-state index in [-0.39, 0.29) is 6.04 Å². The second-order valence-corrected chi connectivity index (χ2v) is 7.34. The molecule has 30 heavy (non-hydrogen) atoms. The maximum absolute atomic E-state index is 12.9. The number of nitrogens with two attached hydrogens (primary N) is 1. The lowest BCUT2D eigenvalue weighted by molar-refractivity contribution is 0.439. The summed E-state index contributed by atoms with van der Waals surface area (Å²) in [5.74, 6) is -0.537. The van der Waals surface area contributed by atoms with Crippen molar-refractivity contribution in [3.63, 3.8) is 0 Å². The van der Waals surface area contributed by atoms with E-state index < -0.39 is 11.6 Å². The van der Waals surface area contributed by atoms with E-state index in [1.807, 2.05) is 36.4 Å². The minimum atomic E-state index is -0.453. The highest BCUT2D eigenvalue weighted by molar-refractivity contribution is 5.30. The van der Waals surface area contributed by atoms with Gasteiger partial charge in [0.1, 0.15) is 11.6 Å². The molecule has 4 rings (SSSR count). The molecule has 1 aliphatic rings. The molecule has 1 saturated carbocycles. The van der Waals surface area contributed by atoms with Gasteiger partial charge in [-0.25, -0.2) is 8.78 Å². The van der Waals surface area contributed by atoms with Crippen LogP contribution in [0.3, 0.4) is 0 Å². The molecule has 0 saturated heterocycles. The van der Waals surface area contributed by atoms with Crippen LogP contribution in [-0.4, -0.2) is 0 Å². The first kappa shape index (κ1) is 23.5. The molecule has 3 aromatic rings. The lowest BCUT2D eigenvalue weighted by Crippen LogP contribution is -2.11. The van der Waals surface area contributed by atoms with E-state index >= 15 is 0 Å². The summed E-state index contributed by atoms with van der Waals surface area (Å²) in [6.45, 7) is 6.00. The van der Waals surface area contributed by atoms with Crippen molar-refractivity contribution in [2.45, 2.75) is 44.1 Å². The van der Waals surface area contributed by atoms with Crippen molar-refractivity contribution in [3.8, 4) is 0 Å². The summed E-state index contributed by atoms with van der Waals surface area (Å²) >= 11 is 0. The van der Waals surface area contributed by atoms with Gasteiger partial charge in [-0.3, -0.25) is 0 Å². The minimum Gasteiger partial charge on any atom is -0.320 e. The standard InChI is InChI=1S/C13H13N.C12H14F2.C2H4/c14-13(11-7-3-1-4-8-11)12-9-5-2-6-10-12;13-11-6-10(7-12(14)8-11)9-4-2-1-3-5-9;1-2/h1-10,13H,14H2;6-9H,1-5H2;1-2H2. The van der Waals surface area contributed by atoms with Crippen molar-refractivity contribution in [2.24, 2.45) is 5.73 Å². The third kappa shape index (κ3) is 7.23. The van der Waals surface area contributed by atoms with E-state index in [1.165, 1.54) is 31.4 Å². The quantitative estimate of drug-likeness (QED) is 0.446. The van der Waals surface area contributed by atoms with Gasteiger partial charge in [-0.2, -0.15) is 0 Å². The Kier molecular flexibility index (Phi) is 9.96. The van der Waals surface area contributed by atoms with E-state index in [0.29, 0.717) is 5.92 Å². The molecule has 0 aliphatic heterocycles. The molecule has 0 atom stereocenters. The molecular weight excluding hydrogens is 376 g/mol. The summed E-state index contributed by atoms with van der Waals surface area (Å²) in [6, 6.07) is 24.1. The maximum Gasteiger partial charge on any atom is 0.126 e. The highest BCUT2D eigenvalue weighted by Gasteiger charge is 2.16. The Morgan fingerprint density at radius 1 is 0.700 bits per heavy atom. The summed E-state index contributed by atoms with van der Waals surface area (Å²) in [7, 11) is 0. The van der Waals surface area contributed by atoms with E-state index in [1.54, 1.807) is 0 Å². The van der Waals surface area contributed by atoms with Gasteiger partial charge in [0.05, 0.1) is 6.04 Å². The summed E-state index contributed by atoms with van der Waals surface area (Å²) in [4.78, 5) is 0. The van der Waals surface area contributed by atoms with Crippen molar-refractivity contribution >= 4 is 0 Å². The van der Waals surface area contributed by atoms with Crippen molar-refractivity contribution in [3.05, 3.63) is 120 Å². The van der Waals surface area contributed by atoms with Crippen LogP contribution in [0.4, 0.5) is 8.78 Å². The van der Waals surface area contributed by atoms with Crippen LogP contribution in [0.1, 0.15) is 60.8 Å². The Bertz CT molecular complexity index is 799. The summed E-state index contributed by atoms with van der Waals surface area (Å²) in [6.07, 6.45) is 5.77. The number of halogens is 2. The zero-order valence-corrected chi connectivity index (χ0v) is 17.4. The van der Waals surface area contributed by atoms with Gasteiger partial charge in [0, 0.05) is 6.07 Å². The van der Waals surface area contributed by atoms with Crippen molar-refractivity contribution in [2.75, 3.05) is 0 Å². The fourth-order valence-electron chi connectivity index (χ4n) is 3.76. The normalized spacial score (nSPS) is 13.6. The van der Waals surface area contributed by atoms with Crippen LogP contribution in [-0.2, 0) is 0 Å². The van der Waals surface area contributed by atoms with E-state index in [2.05, 4.69) is 37.4 Å². The number of hydrogen-bond donors (Lipinski definition) is 1. The molecule has 158 valence electrons. The first-order valence-electron chi connectivity index (χ1n) is 10.4. The van der Waals surface area contributed by atoms with Gasteiger partial charge >= 0.3 is 0 Å². The monoisotopic (exact) mass is 407 g/mol. The smallest absolute Gasteiger partial charge is 0.126 e. The average Bonchev–Trinajstić information content (AvgIpc) is 2.81. The predicted molar refractivity (Wildman–Crippen MR) is 122 cm³/mol. The topological polar surface area (TPSA) is 26.0 Å². The Hall–Kier alpha value is -2.78. The first-order valence-corrected chi connectivity index (χ1v) is 10.4. The van der Waals surface area contributed by atoms with Gasteiger partial charge in [-0.15, -0.1) is 13.2 Å². The molecule has 0 unspecified atom stereocenters. The molecule has 2 N–H and O–H groups in total. The minimum absolute atomic E-state index is 0.0163. The van der Waals surface area contributed by atoms with E-state index in [0.717, 1.165) is 35.6 Å². The van der Waals surface area contributed by atoms with E-state index in [4.69, 9.17) is 5.73 Å². The molecular formula is C27H31F2N. The molecule has 0 spiro atoms. The van der Waals surface area contributed by atoms with Crippen LogP contribution < -0.4 is 5.73 Å². The third-order valence-electron chi connectivity index (χ3n) is 5.28. The molecule has 0 radical (unpaired) electrons. The lowest BCUT2D eigenvalue weighted by Gasteiger charge is -2.21. The Balaban J connectivity index is 0.000000197. The van der Waals surface area contributed by atoms with Crippen LogP contribution in [0.25, 0.3) is 0 Å². The van der Waals surface area contributed by atoms with Crippen LogP contribution >= 0.6 is 0 Å². The van der Waals surface area contributed by atoms with Crippen LogP contribution in [0.15, 0.2) is 92.0 Å². The molecule has 0 heterocycles. The molecule has 0 amide bonds. The average molecular weight is 408 g/mol. The molecule has 1 aliphatic carbocycles. The molecule has 1 fully saturated rings. The zero-order chi connectivity index (χ0) is 21.8. The van der Waals surface area contributed by atoms with Crippen molar-refractivity contribution in [1.29, 1.82) is 0 Å². The predicted octanol–water partition coefficient (Wildman–Crippen LogP) is 7.55. The summed E-state index contributed by atoms with van der Waals surface area (Å²) < 4.78 is 25.9. The number of benzene rings is 3. The highest BCUT2D eigenvalue weighted by Crippen LogP contribution is 2.33. The fraction of sp³-hybridized carbons (Fsp3) is 0.259. The van der Waals surface area contributed by atoms with Crippen molar-refractivity contribution in [1.82, 2.24) is 0 Å². The lowest BCUT2D eigenvalue weighted by atomic mass is 9.84. The summed E-state index contributed by atoms with van der Waals surface area (Å²) in [5, 5.41) is 0. The molecule has 0 aromatic heterocycles. The third-order valence-corrected chi connectivity index (χ3v) is 5.28. The fourth-order valence-corrected chi connectivity index (χ4v) is 3.76. The van der Waals surface area contributed by atoms with Gasteiger partial charge < -0.3 is 5.73 Å². The van der Waals surface area contributed by atoms with Crippen LogP contribution in [0.2, 0.25) is 0 Å². The molecule has 3 heteroatoms. The second kappa shape index (κ2) is 12.7. The van der Waals surface area contributed by atoms with Crippen LogP contribution in [0, 0.1) is 11.6 Å². The van der Waals surface area contributed by atoms with Crippen molar-refractivity contribution < 1.29 is 8.78 Å². The SMILES string of the molecule is C=C.Fc1cc(F)cc(C2CCCCC2)c1.NC(c1ccccc1)c1ccccc1. The number of rotatable bonds is 3. The highest BCUT2D eigenvalue weighted by atomic mass is 19.1. The van der Waals surface area contributed by atoms with E-state index in [9.17, 15) is 8.78 Å². The molecule has 3 aromatic carbocycles. The Morgan fingerprint density at radius 3 is 1.57 bits per heavy atom. The zero-order valence-electron chi connectivity index (χ0n) is 17.4. The second-order valence-electron chi connectivity index (χ2n) is 7.34.